The van der Waals surface area contributed by atoms with Gasteiger partial charge in [0.1, 0.15) is 11.8 Å². The first-order valence-electron chi connectivity index (χ1n) is 10.6. The SMILES string of the molecule is CCOC(=O)C1=NN(c2ccccc2)C(C(=O)N2CCCN(c3nc(C)cs3)CC2)C1. The van der Waals surface area contributed by atoms with Gasteiger partial charge in [-0.3, -0.25) is 9.80 Å². The Balaban J connectivity index is 1.50. The first-order chi connectivity index (χ1) is 15.1. The number of rotatable bonds is 5. The largest absolute Gasteiger partial charge is 0.461 e. The third-order valence-corrected chi connectivity index (χ3v) is 6.43. The highest BCUT2D eigenvalue weighted by molar-refractivity contribution is 7.13. The number of amides is 1. The van der Waals surface area contributed by atoms with Crippen LogP contribution in [0.4, 0.5) is 10.8 Å². The second-order valence-electron chi connectivity index (χ2n) is 7.60. The molecule has 31 heavy (non-hydrogen) atoms. The van der Waals surface area contributed by atoms with Gasteiger partial charge in [0.05, 0.1) is 18.0 Å². The predicted octanol–water partition coefficient (Wildman–Crippen LogP) is 2.69. The maximum Gasteiger partial charge on any atom is 0.354 e. The van der Waals surface area contributed by atoms with Crippen molar-refractivity contribution in [2.24, 2.45) is 5.10 Å². The van der Waals surface area contributed by atoms with Crippen LogP contribution in [0.25, 0.3) is 0 Å². The van der Waals surface area contributed by atoms with Gasteiger partial charge in [-0.15, -0.1) is 11.3 Å². The fourth-order valence-corrected chi connectivity index (χ4v) is 4.74. The number of carbonyl (C=O) groups is 2. The third kappa shape index (κ3) is 4.71. The van der Waals surface area contributed by atoms with Crippen LogP contribution in [0.2, 0.25) is 0 Å². The lowest BCUT2D eigenvalue weighted by Crippen LogP contribution is -2.46. The van der Waals surface area contributed by atoms with Crippen molar-refractivity contribution in [3.63, 3.8) is 0 Å². The Labute approximate surface area is 186 Å². The molecule has 3 heterocycles. The fraction of sp³-hybridized carbons (Fsp3) is 0.455. The Bertz CT molecular complexity index is 961. The summed E-state index contributed by atoms with van der Waals surface area (Å²) in [6, 6.07) is 8.95. The van der Waals surface area contributed by atoms with Crippen molar-refractivity contribution in [3.8, 4) is 0 Å². The number of para-hydroxylation sites is 1. The summed E-state index contributed by atoms with van der Waals surface area (Å²) in [7, 11) is 0. The standard InChI is InChI=1S/C22H27N5O3S/c1-3-30-21(29)18-14-19(27(24-18)17-8-5-4-6-9-17)20(28)25-10-7-11-26(13-12-25)22-23-16(2)15-31-22/h4-6,8-9,15,19H,3,7,10-14H2,1-2H3. The highest BCUT2D eigenvalue weighted by Gasteiger charge is 2.39. The second kappa shape index (κ2) is 9.47. The number of hydrogen-bond acceptors (Lipinski definition) is 8. The van der Waals surface area contributed by atoms with Crippen molar-refractivity contribution in [2.45, 2.75) is 32.7 Å². The van der Waals surface area contributed by atoms with E-state index in [4.69, 9.17) is 4.74 Å². The quantitative estimate of drug-likeness (QED) is 0.664. The van der Waals surface area contributed by atoms with E-state index in [9.17, 15) is 9.59 Å². The smallest absolute Gasteiger partial charge is 0.354 e. The maximum absolute atomic E-state index is 13.5. The number of benzene rings is 1. The molecule has 0 spiro atoms. The van der Waals surface area contributed by atoms with Gasteiger partial charge < -0.3 is 14.5 Å². The molecule has 2 aromatic rings. The van der Waals surface area contributed by atoms with E-state index in [2.05, 4.69) is 15.0 Å². The number of esters is 1. The van der Waals surface area contributed by atoms with Crippen LogP contribution in [0, 0.1) is 6.92 Å². The maximum atomic E-state index is 13.5. The van der Waals surface area contributed by atoms with Crippen LogP contribution in [0.15, 0.2) is 40.8 Å². The summed E-state index contributed by atoms with van der Waals surface area (Å²) in [5.41, 5.74) is 2.10. The molecule has 2 aliphatic heterocycles. The minimum absolute atomic E-state index is 0.0101. The molecule has 2 aliphatic rings. The summed E-state index contributed by atoms with van der Waals surface area (Å²) >= 11 is 1.64. The Morgan fingerprint density at radius 1 is 1.16 bits per heavy atom. The van der Waals surface area contributed by atoms with Crippen LogP contribution in [0.5, 0.6) is 0 Å². The summed E-state index contributed by atoms with van der Waals surface area (Å²) < 4.78 is 5.13. The Morgan fingerprint density at radius 2 is 1.97 bits per heavy atom. The predicted molar refractivity (Wildman–Crippen MR) is 122 cm³/mol. The number of thiazole rings is 1. The van der Waals surface area contributed by atoms with E-state index in [0.717, 1.165) is 36.0 Å². The molecule has 164 valence electrons. The van der Waals surface area contributed by atoms with Gasteiger partial charge in [-0.05, 0) is 32.4 Å². The van der Waals surface area contributed by atoms with E-state index >= 15 is 0 Å². The molecule has 1 aromatic heterocycles. The summed E-state index contributed by atoms with van der Waals surface area (Å²) in [6.07, 6.45) is 1.12. The summed E-state index contributed by atoms with van der Waals surface area (Å²) in [5.74, 6) is -0.469. The number of aromatic nitrogens is 1. The average Bonchev–Trinajstić information content (AvgIpc) is 3.34. The molecule has 9 heteroatoms. The van der Waals surface area contributed by atoms with E-state index in [1.54, 1.807) is 23.3 Å². The monoisotopic (exact) mass is 441 g/mol. The highest BCUT2D eigenvalue weighted by atomic mass is 32.1. The van der Waals surface area contributed by atoms with Gasteiger partial charge in [0.15, 0.2) is 5.13 Å². The van der Waals surface area contributed by atoms with Gasteiger partial charge >= 0.3 is 5.97 Å². The van der Waals surface area contributed by atoms with Gasteiger partial charge in [-0.1, -0.05) is 18.2 Å². The van der Waals surface area contributed by atoms with E-state index in [1.807, 2.05) is 47.5 Å². The summed E-state index contributed by atoms with van der Waals surface area (Å²) in [4.78, 5) is 34.6. The lowest BCUT2D eigenvalue weighted by atomic mass is 10.1. The molecule has 1 aromatic carbocycles. The first-order valence-corrected chi connectivity index (χ1v) is 11.5. The van der Waals surface area contributed by atoms with Crippen molar-refractivity contribution in [2.75, 3.05) is 42.7 Å². The Hall–Kier alpha value is -2.94. The number of nitrogens with zero attached hydrogens (tertiary/aromatic N) is 5. The summed E-state index contributed by atoms with van der Waals surface area (Å²) in [6.45, 7) is 6.93. The summed E-state index contributed by atoms with van der Waals surface area (Å²) in [5, 5.41) is 9.20. The van der Waals surface area contributed by atoms with Crippen molar-refractivity contribution < 1.29 is 14.3 Å². The molecule has 1 fully saturated rings. The lowest BCUT2D eigenvalue weighted by Gasteiger charge is -2.29. The minimum atomic E-state index is -0.546. The zero-order valence-corrected chi connectivity index (χ0v) is 18.7. The Morgan fingerprint density at radius 3 is 2.68 bits per heavy atom. The molecular weight excluding hydrogens is 414 g/mol. The van der Waals surface area contributed by atoms with Gasteiger partial charge in [0.2, 0.25) is 5.91 Å². The van der Waals surface area contributed by atoms with Crippen LogP contribution in [-0.2, 0) is 14.3 Å². The zero-order valence-electron chi connectivity index (χ0n) is 17.9. The minimum Gasteiger partial charge on any atom is -0.461 e. The van der Waals surface area contributed by atoms with E-state index in [-0.39, 0.29) is 18.9 Å². The molecule has 0 bridgehead atoms. The van der Waals surface area contributed by atoms with Crippen molar-refractivity contribution in [1.82, 2.24) is 9.88 Å². The van der Waals surface area contributed by atoms with Crippen LogP contribution < -0.4 is 9.91 Å². The van der Waals surface area contributed by atoms with Crippen LogP contribution in [0.1, 0.15) is 25.5 Å². The molecular formula is C22H27N5O3S. The molecule has 0 N–H and O–H groups in total. The number of aryl methyl sites for hydroxylation is 1. The van der Waals surface area contributed by atoms with Gasteiger partial charge in [-0.2, -0.15) is 5.10 Å². The third-order valence-electron chi connectivity index (χ3n) is 5.41. The van der Waals surface area contributed by atoms with Gasteiger partial charge in [0.25, 0.3) is 0 Å². The Kier molecular flexibility index (Phi) is 6.50. The zero-order chi connectivity index (χ0) is 21.8. The normalized spacial score (nSPS) is 19.2. The second-order valence-corrected chi connectivity index (χ2v) is 8.44. The van der Waals surface area contributed by atoms with E-state index in [1.165, 1.54) is 0 Å². The number of ether oxygens (including phenoxy) is 1. The fourth-order valence-electron chi connectivity index (χ4n) is 3.89. The molecule has 0 radical (unpaired) electrons. The molecule has 1 unspecified atom stereocenters. The van der Waals surface area contributed by atoms with Crippen LogP contribution in [-0.4, -0.2) is 66.3 Å². The topological polar surface area (TPSA) is 78.3 Å². The number of carbonyl (C=O) groups excluding carboxylic acids is 2. The molecule has 1 atom stereocenters. The molecule has 0 aliphatic carbocycles. The average molecular weight is 442 g/mol. The van der Waals surface area contributed by atoms with Crippen LogP contribution >= 0.6 is 11.3 Å². The highest BCUT2D eigenvalue weighted by Crippen LogP contribution is 2.27. The lowest BCUT2D eigenvalue weighted by molar-refractivity contribution is -0.135. The van der Waals surface area contributed by atoms with E-state index in [0.29, 0.717) is 18.8 Å². The first kappa shape index (κ1) is 21.3. The molecule has 8 nitrogen and oxygen atoms in total. The molecule has 0 saturated carbocycles. The number of hydrogen-bond donors (Lipinski definition) is 0. The van der Waals surface area contributed by atoms with Crippen LogP contribution in [0.3, 0.4) is 0 Å². The molecule has 4 rings (SSSR count). The van der Waals surface area contributed by atoms with E-state index < -0.39 is 12.0 Å². The molecule has 1 saturated heterocycles. The van der Waals surface area contributed by atoms with Crippen molar-refractivity contribution in [3.05, 3.63) is 41.4 Å². The number of hydrazone groups is 1. The molecule has 1 amide bonds. The number of anilines is 2. The van der Waals surface area contributed by atoms with Gasteiger partial charge in [-0.25, -0.2) is 9.78 Å². The van der Waals surface area contributed by atoms with Crippen molar-refractivity contribution in [1.29, 1.82) is 0 Å². The van der Waals surface area contributed by atoms with Gasteiger partial charge in [0, 0.05) is 38.0 Å². The van der Waals surface area contributed by atoms with Crippen molar-refractivity contribution >= 4 is 39.7 Å².